The zero-order chi connectivity index (χ0) is 17.1. The number of rotatable bonds is 4. The molecule has 0 spiro atoms. The molecule has 2 heteroatoms. The Kier molecular flexibility index (Phi) is 4.94. The highest BCUT2D eigenvalue weighted by molar-refractivity contribution is 5.62. The molecule has 0 unspecified atom stereocenters. The van der Waals surface area contributed by atoms with Gasteiger partial charge in [-0.3, -0.25) is 0 Å². The van der Waals surface area contributed by atoms with Gasteiger partial charge >= 0.3 is 0 Å². The molecule has 3 rings (SSSR count). The average molecular weight is 320 g/mol. The molecule has 0 bridgehead atoms. The first-order chi connectivity index (χ1) is 11.5. The van der Waals surface area contributed by atoms with Crippen LogP contribution < -0.4 is 9.80 Å². The van der Waals surface area contributed by atoms with Crippen molar-refractivity contribution in [2.75, 3.05) is 9.80 Å². The zero-order valence-corrected chi connectivity index (χ0v) is 15.1. The maximum atomic E-state index is 2.28. The van der Waals surface area contributed by atoms with Gasteiger partial charge in [-0.2, -0.15) is 0 Å². The second kappa shape index (κ2) is 7.12. The molecule has 2 heterocycles. The van der Waals surface area contributed by atoms with Crippen LogP contribution in [0.5, 0.6) is 0 Å². The normalized spacial score (nSPS) is 18.4. The Morgan fingerprint density at radius 2 is 0.875 bits per heavy atom. The molecule has 2 aliphatic heterocycles. The van der Waals surface area contributed by atoms with Gasteiger partial charge in [-0.15, -0.1) is 0 Å². The van der Waals surface area contributed by atoms with E-state index in [9.17, 15) is 0 Å². The molecule has 0 atom stereocenters. The van der Waals surface area contributed by atoms with E-state index in [2.05, 4.69) is 111 Å². The van der Waals surface area contributed by atoms with E-state index in [0.29, 0.717) is 23.7 Å². The summed E-state index contributed by atoms with van der Waals surface area (Å²) in [5.74, 6) is 2.37. The Bertz CT molecular complexity index is 575. The van der Waals surface area contributed by atoms with Gasteiger partial charge in [0.15, 0.2) is 0 Å². The fourth-order valence-corrected chi connectivity index (χ4v) is 3.03. The van der Waals surface area contributed by atoms with Crippen molar-refractivity contribution in [2.24, 2.45) is 23.7 Å². The standard InChI is InChI=1S/C22H28N2/c1-17(2)19-9-13-23(14-10-19)21-5-7-22(8-6-21)24-15-11-20(12-16-24)18(3)4/h5-20H,1-4H3. The molecular weight excluding hydrogens is 292 g/mol. The Balaban J connectivity index is 1.67. The van der Waals surface area contributed by atoms with Gasteiger partial charge in [-0.25, -0.2) is 0 Å². The maximum absolute atomic E-state index is 2.28. The molecular formula is C22H28N2. The van der Waals surface area contributed by atoms with Crippen LogP contribution in [0.15, 0.2) is 73.4 Å². The molecule has 2 aliphatic rings. The third-order valence-corrected chi connectivity index (χ3v) is 4.86. The van der Waals surface area contributed by atoms with Crippen LogP contribution in [-0.2, 0) is 0 Å². The monoisotopic (exact) mass is 320 g/mol. The van der Waals surface area contributed by atoms with Gasteiger partial charge in [-0.1, -0.05) is 52.0 Å². The first-order valence-corrected chi connectivity index (χ1v) is 8.94. The van der Waals surface area contributed by atoms with Crippen molar-refractivity contribution >= 4 is 11.4 Å². The number of benzene rings is 1. The smallest absolute Gasteiger partial charge is 0.0450 e. The Morgan fingerprint density at radius 1 is 0.583 bits per heavy atom. The number of hydrogen-bond donors (Lipinski definition) is 0. The summed E-state index contributed by atoms with van der Waals surface area (Å²) >= 11 is 0. The van der Waals surface area contributed by atoms with Crippen molar-refractivity contribution in [2.45, 2.75) is 27.7 Å². The van der Waals surface area contributed by atoms with E-state index >= 15 is 0 Å². The molecule has 0 amide bonds. The Hall–Kier alpha value is -2.22. The van der Waals surface area contributed by atoms with Gasteiger partial charge < -0.3 is 9.80 Å². The van der Waals surface area contributed by atoms with Gasteiger partial charge in [-0.05, 0) is 36.1 Å². The van der Waals surface area contributed by atoms with E-state index in [1.165, 1.54) is 11.4 Å². The van der Waals surface area contributed by atoms with Crippen LogP contribution >= 0.6 is 0 Å². The molecule has 0 fully saturated rings. The fraction of sp³-hybridized carbons (Fsp3) is 0.364. The molecule has 24 heavy (non-hydrogen) atoms. The summed E-state index contributed by atoms with van der Waals surface area (Å²) in [6, 6.07) is 8.71. The molecule has 2 nitrogen and oxygen atoms in total. The third-order valence-electron chi connectivity index (χ3n) is 4.86. The van der Waals surface area contributed by atoms with Crippen molar-refractivity contribution in [3.8, 4) is 0 Å². The van der Waals surface area contributed by atoms with E-state index in [1.807, 2.05) is 0 Å². The number of hydrogen-bond acceptors (Lipinski definition) is 2. The largest absolute Gasteiger partial charge is 0.324 e. The predicted molar refractivity (Wildman–Crippen MR) is 105 cm³/mol. The minimum Gasteiger partial charge on any atom is -0.324 e. The number of allylic oxidation sites excluding steroid dienone is 4. The molecule has 0 saturated carbocycles. The average Bonchev–Trinajstić information content (AvgIpc) is 2.62. The number of nitrogens with zero attached hydrogens (tertiary/aromatic N) is 2. The topological polar surface area (TPSA) is 6.48 Å². The van der Waals surface area contributed by atoms with Crippen molar-refractivity contribution in [3.05, 3.63) is 73.4 Å². The molecule has 0 aliphatic carbocycles. The van der Waals surface area contributed by atoms with Gasteiger partial charge in [0.1, 0.15) is 0 Å². The van der Waals surface area contributed by atoms with E-state index in [0.717, 1.165) is 0 Å². The van der Waals surface area contributed by atoms with Crippen LogP contribution in [0.3, 0.4) is 0 Å². The molecule has 0 aromatic heterocycles. The SMILES string of the molecule is CC(C)C1C=CN(c2ccc(N3C=CC(C(C)C)C=C3)cc2)C=C1. The third kappa shape index (κ3) is 3.64. The van der Waals surface area contributed by atoms with E-state index < -0.39 is 0 Å². The van der Waals surface area contributed by atoms with E-state index in [1.54, 1.807) is 0 Å². The lowest BCUT2D eigenvalue weighted by atomic mass is 9.94. The summed E-state index contributed by atoms with van der Waals surface area (Å²) in [6.07, 6.45) is 17.8. The summed E-state index contributed by atoms with van der Waals surface area (Å²) in [5, 5.41) is 0. The van der Waals surface area contributed by atoms with Crippen LogP contribution in [0.25, 0.3) is 0 Å². The first-order valence-electron chi connectivity index (χ1n) is 8.94. The lowest BCUT2D eigenvalue weighted by Gasteiger charge is -2.26. The lowest BCUT2D eigenvalue weighted by Crippen LogP contribution is -2.16. The van der Waals surface area contributed by atoms with Crippen LogP contribution in [0.1, 0.15) is 27.7 Å². The van der Waals surface area contributed by atoms with Crippen molar-refractivity contribution < 1.29 is 0 Å². The van der Waals surface area contributed by atoms with Crippen molar-refractivity contribution in [1.82, 2.24) is 0 Å². The highest BCUT2D eigenvalue weighted by Gasteiger charge is 2.13. The first kappa shape index (κ1) is 16.6. The highest BCUT2D eigenvalue weighted by Crippen LogP contribution is 2.28. The summed E-state index contributed by atoms with van der Waals surface area (Å²) in [7, 11) is 0. The molecule has 1 aromatic rings. The van der Waals surface area contributed by atoms with Gasteiger partial charge in [0.25, 0.3) is 0 Å². The molecule has 0 radical (unpaired) electrons. The highest BCUT2D eigenvalue weighted by atomic mass is 15.1. The quantitative estimate of drug-likeness (QED) is 0.679. The van der Waals surface area contributed by atoms with Crippen molar-refractivity contribution in [3.63, 3.8) is 0 Å². The maximum Gasteiger partial charge on any atom is 0.0450 e. The summed E-state index contributed by atoms with van der Waals surface area (Å²) in [5.41, 5.74) is 2.39. The van der Waals surface area contributed by atoms with Gasteiger partial charge in [0, 0.05) is 48.0 Å². The summed E-state index contributed by atoms with van der Waals surface area (Å²) < 4.78 is 0. The van der Waals surface area contributed by atoms with Gasteiger partial charge in [0.05, 0.1) is 0 Å². The van der Waals surface area contributed by atoms with Gasteiger partial charge in [0.2, 0.25) is 0 Å². The van der Waals surface area contributed by atoms with E-state index in [-0.39, 0.29) is 0 Å². The van der Waals surface area contributed by atoms with Crippen molar-refractivity contribution in [1.29, 1.82) is 0 Å². The zero-order valence-electron chi connectivity index (χ0n) is 15.1. The summed E-state index contributed by atoms with van der Waals surface area (Å²) in [6.45, 7) is 9.03. The second-order valence-corrected chi connectivity index (χ2v) is 7.34. The van der Waals surface area contributed by atoms with Crippen LogP contribution in [0.2, 0.25) is 0 Å². The van der Waals surface area contributed by atoms with Crippen LogP contribution in [0.4, 0.5) is 11.4 Å². The summed E-state index contributed by atoms with van der Waals surface area (Å²) in [4.78, 5) is 4.36. The van der Waals surface area contributed by atoms with Crippen LogP contribution in [0, 0.1) is 23.7 Å². The number of anilines is 2. The minimum atomic E-state index is 0.540. The molecule has 0 N–H and O–H groups in total. The lowest BCUT2D eigenvalue weighted by molar-refractivity contribution is 0.545. The van der Waals surface area contributed by atoms with Crippen LogP contribution in [-0.4, -0.2) is 0 Å². The predicted octanol–water partition coefficient (Wildman–Crippen LogP) is 5.93. The Morgan fingerprint density at radius 3 is 1.12 bits per heavy atom. The molecule has 126 valence electrons. The molecule has 1 aromatic carbocycles. The Labute approximate surface area is 146 Å². The minimum absolute atomic E-state index is 0.540. The molecule has 0 saturated heterocycles. The fourth-order valence-electron chi connectivity index (χ4n) is 3.03. The second-order valence-electron chi connectivity index (χ2n) is 7.34. The van der Waals surface area contributed by atoms with E-state index in [4.69, 9.17) is 0 Å².